The lowest BCUT2D eigenvalue weighted by molar-refractivity contribution is 0.466. The maximum atomic E-state index is 12.5. The normalized spacial score (nSPS) is 11.8. The molecule has 0 aliphatic rings. The van der Waals surface area contributed by atoms with Crippen LogP contribution in [0.25, 0.3) is 0 Å². The summed E-state index contributed by atoms with van der Waals surface area (Å²) in [6.07, 6.45) is 1.97. The highest BCUT2D eigenvalue weighted by Gasteiger charge is 2.20. The van der Waals surface area contributed by atoms with Crippen LogP contribution in [0, 0.1) is 6.92 Å². The Morgan fingerprint density at radius 2 is 1.76 bits per heavy atom. The first kappa shape index (κ1) is 16.1. The molecule has 3 nitrogen and oxygen atoms in total. The molecule has 0 atom stereocenters. The van der Waals surface area contributed by atoms with Crippen LogP contribution in [0.2, 0.25) is 0 Å². The van der Waals surface area contributed by atoms with Gasteiger partial charge in [-0.25, -0.2) is 8.42 Å². The number of aryl methyl sites for hydroxylation is 1. The van der Waals surface area contributed by atoms with E-state index in [4.69, 9.17) is 0 Å². The number of rotatable bonds is 5. The van der Waals surface area contributed by atoms with Gasteiger partial charge in [0.15, 0.2) is 0 Å². The fourth-order valence-electron chi connectivity index (χ4n) is 2.08. The van der Waals surface area contributed by atoms with Crippen LogP contribution in [0.4, 0.5) is 0 Å². The average molecular weight is 321 g/mol. The van der Waals surface area contributed by atoms with Gasteiger partial charge in [0.25, 0.3) is 0 Å². The molecule has 0 aliphatic carbocycles. The SMILES string of the molecule is CSc1ccc(S(=O)(=O)N(C)Cc2cccc(C)c2)cc1. The minimum absolute atomic E-state index is 0.329. The van der Waals surface area contributed by atoms with Crippen molar-refractivity contribution in [3.05, 3.63) is 59.7 Å². The summed E-state index contributed by atoms with van der Waals surface area (Å²) in [6.45, 7) is 2.37. The second kappa shape index (κ2) is 6.64. The number of hydrogen-bond donors (Lipinski definition) is 0. The highest BCUT2D eigenvalue weighted by atomic mass is 32.2. The van der Waals surface area contributed by atoms with Gasteiger partial charge in [-0.15, -0.1) is 11.8 Å². The maximum absolute atomic E-state index is 12.5. The van der Waals surface area contributed by atoms with Crippen molar-refractivity contribution in [3.8, 4) is 0 Å². The van der Waals surface area contributed by atoms with E-state index in [0.29, 0.717) is 11.4 Å². The second-order valence-electron chi connectivity index (χ2n) is 4.93. The topological polar surface area (TPSA) is 37.4 Å². The Kier molecular flexibility index (Phi) is 5.08. The van der Waals surface area contributed by atoms with Crippen molar-refractivity contribution in [2.75, 3.05) is 13.3 Å². The highest BCUT2D eigenvalue weighted by molar-refractivity contribution is 7.98. The smallest absolute Gasteiger partial charge is 0.207 e. The Morgan fingerprint density at radius 3 is 2.33 bits per heavy atom. The molecule has 0 aromatic heterocycles. The van der Waals surface area contributed by atoms with Gasteiger partial charge in [0, 0.05) is 18.5 Å². The number of thioether (sulfide) groups is 1. The third-order valence-corrected chi connectivity index (χ3v) is 5.82. The van der Waals surface area contributed by atoms with Gasteiger partial charge in [-0.3, -0.25) is 0 Å². The molecule has 0 spiro atoms. The minimum atomic E-state index is -3.45. The lowest BCUT2D eigenvalue weighted by atomic mass is 10.1. The predicted octanol–water partition coefficient (Wildman–Crippen LogP) is 3.54. The second-order valence-corrected chi connectivity index (χ2v) is 7.85. The van der Waals surface area contributed by atoms with E-state index in [1.54, 1.807) is 30.9 Å². The quantitative estimate of drug-likeness (QED) is 0.791. The van der Waals surface area contributed by atoms with Gasteiger partial charge in [0.2, 0.25) is 10.0 Å². The number of hydrogen-bond acceptors (Lipinski definition) is 3. The Morgan fingerprint density at radius 1 is 1.10 bits per heavy atom. The summed E-state index contributed by atoms with van der Waals surface area (Å²) in [5.74, 6) is 0. The lowest BCUT2D eigenvalue weighted by Crippen LogP contribution is -2.26. The van der Waals surface area contributed by atoms with Gasteiger partial charge >= 0.3 is 0 Å². The van der Waals surface area contributed by atoms with E-state index in [0.717, 1.165) is 16.0 Å². The summed E-state index contributed by atoms with van der Waals surface area (Å²) >= 11 is 1.59. The van der Waals surface area contributed by atoms with Gasteiger partial charge in [-0.1, -0.05) is 29.8 Å². The minimum Gasteiger partial charge on any atom is -0.207 e. The van der Waals surface area contributed by atoms with E-state index in [2.05, 4.69) is 0 Å². The lowest BCUT2D eigenvalue weighted by Gasteiger charge is -2.17. The Hall–Kier alpha value is -1.30. The molecular weight excluding hydrogens is 302 g/mol. The van der Waals surface area contributed by atoms with Crippen LogP contribution in [0.1, 0.15) is 11.1 Å². The van der Waals surface area contributed by atoms with Gasteiger partial charge in [-0.2, -0.15) is 4.31 Å². The molecule has 2 rings (SSSR count). The van der Waals surface area contributed by atoms with Crippen molar-refractivity contribution in [2.45, 2.75) is 23.3 Å². The molecule has 0 amide bonds. The summed E-state index contributed by atoms with van der Waals surface area (Å²) < 4.78 is 26.5. The molecule has 0 unspecified atom stereocenters. The molecule has 5 heteroatoms. The first-order chi connectivity index (χ1) is 9.93. The summed E-state index contributed by atoms with van der Waals surface area (Å²) in [5.41, 5.74) is 2.12. The van der Waals surface area contributed by atoms with Crippen LogP contribution in [-0.2, 0) is 16.6 Å². The zero-order valence-electron chi connectivity index (χ0n) is 12.4. The van der Waals surface area contributed by atoms with Crippen LogP contribution in [0.5, 0.6) is 0 Å². The Bertz CT molecular complexity index is 709. The molecule has 112 valence electrons. The largest absolute Gasteiger partial charge is 0.243 e. The van der Waals surface area contributed by atoms with Crippen molar-refractivity contribution in [1.29, 1.82) is 0 Å². The van der Waals surface area contributed by atoms with Gasteiger partial charge in [0.05, 0.1) is 4.90 Å². The zero-order chi connectivity index (χ0) is 15.5. The van der Waals surface area contributed by atoms with Crippen LogP contribution >= 0.6 is 11.8 Å². The predicted molar refractivity (Wildman–Crippen MR) is 88.1 cm³/mol. The van der Waals surface area contributed by atoms with Gasteiger partial charge in [-0.05, 0) is 43.0 Å². The monoisotopic (exact) mass is 321 g/mol. The average Bonchev–Trinajstić information content (AvgIpc) is 2.47. The molecule has 0 heterocycles. The van der Waals surface area contributed by atoms with Gasteiger partial charge < -0.3 is 0 Å². The number of nitrogens with zero attached hydrogens (tertiary/aromatic N) is 1. The Balaban J connectivity index is 2.21. The molecule has 0 saturated heterocycles. The van der Waals surface area contributed by atoms with Crippen LogP contribution in [0.15, 0.2) is 58.3 Å². The molecule has 2 aromatic carbocycles. The van der Waals surface area contributed by atoms with Crippen molar-refractivity contribution < 1.29 is 8.42 Å². The van der Waals surface area contributed by atoms with Crippen molar-refractivity contribution in [3.63, 3.8) is 0 Å². The number of benzene rings is 2. The van der Waals surface area contributed by atoms with E-state index < -0.39 is 10.0 Å². The molecule has 0 N–H and O–H groups in total. The van der Waals surface area contributed by atoms with E-state index in [1.165, 1.54) is 4.31 Å². The molecular formula is C16H19NO2S2. The van der Waals surface area contributed by atoms with Crippen LogP contribution in [-0.4, -0.2) is 26.0 Å². The summed E-state index contributed by atoms with van der Waals surface area (Å²) in [6, 6.07) is 14.9. The molecule has 0 radical (unpaired) electrons. The van der Waals surface area contributed by atoms with Crippen LogP contribution < -0.4 is 0 Å². The van der Waals surface area contributed by atoms with Crippen molar-refractivity contribution in [1.82, 2.24) is 4.31 Å². The Labute approximate surface area is 131 Å². The van der Waals surface area contributed by atoms with E-state index in [-0.39, 0.29) is 0 Å². The summed E-state index contributed by atoms with van der Waals surface area (Å²) in [5, 5.41) is 0. The standard InChI is InChI=1S/C16H19NO2S2/c1-13-5-4-6-14(11-13)12-17(2)21(18,19)16-9-7-15(20-3)8-10-16/h4-11H,12H2,1-3H3. The third kappa shape index (κ3) is 3.87. The third-order valence-electron chi connectivity index (χ3n) is 3.26. The first-order valence-electron chi connectivity index (χ1n) is 6.59. The molecule has 0 aliphatic heterocycles. The fourth-order valence-corrected chi connectivity index (χ4v) is 3.65. The molecule has 0 fully saturated rings. The first-order valence-corrected chi connectivity index (χ1v) is 9.26. The van der Waals surface area contributed by atoms with E-state index >= 15 is 0 Å². The number of sulfonamides is 1. The summed E-state index contributed by atoms with van der Waals surface area (Å²) in [7, 11) is -1.84. The highest BCUT2D eigenvalue weighted by Crippen LogP contribution is 2.21. The van der Waals surface area contributed by atoms with Crippen molar-refractivity contribution in [2.24, 2.45) is 0 Å². The fraction of sp³-hybridized carbons (Fsp3) is 0.250. The molecule has 0 bridgehead atoms. The van der Waals surface area contributed by atoms with Gasteiger partial charge in [0.1, 0.15) is 0 Å². The zero-order valence-corrected chi connectivity index (χ0v) is 14.0. The maximum Gasteiger partial charge on any atom is 0.243 e. The van der Waals surface area contributed by atoms with Crippen LogP contribution in [0.3, 0.4) is 0 Å². The molecule has 0 saturated carbocycles. The summed E-state index contributed by atoms with van der Waals surface area (Å²) in [4.78, 5) is 1.38. The van der Waals surface area contributed by atoms with E-state index in [1.807, 2.05) is 49.6 Å². The molecule has 21 heavy (non-hydrogen) atoms. The molecule has 2 aromatic rings. The van der Waals surface area contributed by atoms with E-state index in [9.17, 15) is 8.42 Å². The van der Waals surface area contributed by atoms with Crippen molar-refractivity contribution >= 4 is 21.8 Å².